The maximum Gasteiger partial charge on any atom is 0.220 e. The van der Waals surface area contributed by atoms with Crippen molar-refractivity contribution in [2.45, 2.75) is 326 Å². The fraction of sp³-hybridized carbons (Fsp3) is 0.883. The summed E-state index contributed by atoms with van der Waals surface area (Å²) >= 11 is 0. The van der Waals surface area contributed by atoms with Crippen LogP contribution < -0.4 is 5.32 Å². The quantitative estimate of drug-likeness (QED) is 0.0261. The fourth-order valence-corrected chi connectivity index (χ4v) is 9.46. The Morgan fingerprint density at radius 2 is 0.826 bits per heavy atom. The van der Waals surface area contributed by atoms with Crippen molar-refractivity contribution < 1.29 is 39.8 Å². The molecule has 406 valence electrons. The van der Waals surface area contributed by atoms with Crippen LogP contribution in [0.2, 0.25) is 0 Å². The van der Waals surface area contributed by atoms with E-state index in [1.54, 1.807) is 6.08 Å². The third kappa shape index (κ3) is 39.6. The standard InChI is InChI=1S/C60H113NO8/c1-3-5-7-9-11-13-15-17-19-21-23-24-25-26-27-28-29-30-31-32-34-36-38-40-42-44-46-48-50-56(64)61-53(52-68-60-59(67)58(66)57(65)55(51-62)69-60)54(63)49-47-45-43-41-39-37-35-33-22-20-18-16-14-12-10-8-6-4-2/h26-27,39,41,47,49,53-55,57-60,62-63,65-67H,3-25,28-38,40,42-46,48,50-52H2,1-2H3,(H,61,64)/b27-26-,41-39+,49-47+. The van der Waals surface area contributed by atoms with Gasteiger partial charge in [-0.25, -0.2) is 0 Å². The van der Waals surface area contributed by atoms with Gasteiger partial charge in [0.15, 0.2) is 6.29 Å². The van der Waals surface area contributed by atoms with Crippen LogP contribution >= 0.6 is 0 Å². The number of carbonyl (C=O) groups is 1. The predicted molar refractivity (Wildman–Crippen MR) is 290 cm³/mol. The molecule has 7 atom stereocenters. The molecule has 7 unspecified atom stereocenters. The largest absolute Gasteiger partial charge is 0.394 e. The van der Waals surface area contributed by atoms with Crippen LogP contribution in [-0.2, 0) is 14.3 Å². The van der Waals surface area contributed by atoms with Gasteiger partial charge in [0, 0.05) is 6.42 Å². The van der Waals surface area contributed by atoms with E-state index in [0.29, 0.717) is 6.42 Å². The predicted octanol–water partition coefficient (Wildman–Crippen LogP) is 14.7. The van der Waals surface area contributed by atoms with E-state index in [2.05, 4.69) is 43.5 Å². The van der Waals surface area contributed by atoms with Crippen LogP contribution in [0.1, 0.15) is 284 Å². The zero-order valence-corrected chi connectivity index (χ0v) is 45.1. The van der Waals surface area contributed by atoms with E-state index >= 15 is 0 Å². The van der Waals surface area contributed by atoms with Crippen LogP contribution in [0.5, 0.6) is 0 Å². The minimum atomic E-state index is -1.57. The first-order chi connectivity index (χ1) is 33.8. The summed E-state index contributed by atoms with van der Waals surface area (Å²) in [6.45, 7) is 3.79. The molecule has 69 heavy (non-hydrogen) atoms. The van der Waals surface area contributed by atoms with E-state index in [0.717, 1.165) is 38.5 Å². The van der Waals surface area contributed by atoms with Crippen LogP contribution in [0.25, 0.3) is 0 Å². The average Bonchev–Trinajstić information content (AvgIpc) is 3.35. The summed E-state index contributed by atoms with van der Waals surface area (Å²) in [5.41, 5.74) is 0. The van der Waals surface area contributed by atoms with Gasteiger partial charge in [-0.2, -0.15) is 0 Å². The summed E-state index contributed by atoms with van der Waals surface area (Å²) in [4.78, 5) is 13.1. The Labute approximate surface area is 425 Å². The molecule has 1 amide bonds. The van der Waals surface area contributed by atoms with E-state index in [9.17, 15) is 30.3 Å². The van der Waals surface area contributed by atoms with Crippen molar-refractivity contribution in [1.29, 1.82) is 0 Å². The Morgan fingerprint density at radius 3 is 1.22 bits per heavy atom. The maximum absolute atomic E-state index is 13.1. The Bertz CT molecular complexity index is 1180. The van der Waals surface area contributed by atoms with Crippen LogP contribution in [0.3, 0.4) is 0 Å². The van der Waals surface area contributed by atoms with Gasteiger partial charge in [-0.15, -0.1) is 0 Å². The van der Waals surface area contributed by atoms with Crippen molar-refractivity contribution in [3.63, 3.8) is 0 Å². The van der Waals surface area contributed by atoms with Gasteiger partial charge in [0.25, 0.3) is 0 Å². The summed E-state index contributed by atoms with van der Waals surface area (Å²) in [5.74, 6) is -0.184. The number of carbonyl (C=O) groups excluding carboxylic acids is 1. The van der Waals surface area contributed by atoms with Crippen molar-refractivity contribution in [3.8, 4) is 0 Å². The molecule has 0 aliphatic carbocycles. The third-order valence-corrected chi connectivity index (χ3v) is 14.2. The second-order valence-electron chi connectivity index (χ2n) is 20.8. The molecule has 0 bridgehead atoms. The molecule has 1 aliphatic heterocycles. The summed E-state index contributed by atoms with van der Waals surface area (Å²) in [5, 5.41) is 54.5. The number of aliphatic hydroxyl groups is 5. The molecule has 0 aromatic carbocycles. The van der Waals surface area contributed by atoms with E-state index in [1.807, 2.05) is 6.08 Å². The fourth-order valence-electron chi connectivity index (χ4n) is 9.46. The highest BCUT2D eigenvalue weighted by atomic mass is 16.7. The first-order valence-corrected chi connectivity index (χ1v) is 29.7. The van der Waals surface area contributed by atoms with Gasteiger partial charge in [0.05, 0.1) is 25.4 Å². The summed E-state index contributed by atoms with van der Waals surface area (Å²) in [6.07, 6.45) is 57.9. The molecule has 1 rings (SSSR count). The molecular weight excluding hydrogens is 863 g/mol. The molecule has 1 fully saturated rings. The topological polar surface area (TPSA) is 149 Å². The molecule has 1 aliphatic rings. The van der Waals surface area contributed by atoms with E-state index in [-0.39, 0.29) is 12.5 Å². The number of allylic oxidation sites excluding steroid dienone is 5. The maximum atomic E-state index is 13.1. The van der Waals surface area contributed by atoms with Gasteiger partial charge in [-0.1, -0.05) is 256 Å². The van der Waals surface area contributed by atoms with Crippen LogP contribution in [0, 0.1) is 0 Å². The Balaban J connectivity index is 2.20. The van der Waals surface area contributed by atoms with E-state index in [1.165, 1.54) is 225 Å². The van der Waals surface area contributed by atoms with Crippen LogP contribution in [0.15, 0.2) is 36.5 Å². The zero-order chi connectivity index (χ0) is 50.1. The lowest BCUT2D eigenvalue weighted by molar-refractivity contribution is -0.302. The van der Waals surface area contributed by atoms with Crippen molar-refractivity contribution in [3.05, 3.63) is 36.5 Å². The van der Waals surface area contributed by atoms with Gasteiger partial charge in [-0.05, 0) is 57.8 Å². The average molecular weight is 977 g/mol. The summed E-state index contributed by atoms with van der Waals surface area (Å²) in [6, 6.07) is -0.821. The highest BCUT2D eigenvalue weighted by Crippen LogP contribution is 2.23. The monoisotopic (exact) mass is 976 g/mol. The van der Waals surface area contributed by atoms with Gasteiger partial charge in [0.2, 0.25) is 5.91 Å². The van der Waals surface area contributed by atoms with Crippen molar-refractivity contribution in [2.24, 2.45) is 0 Å². The molecule has 0 aromatic heterocycles. The normalized spacial score (nSPS) is 19.7. The van der Waals surface area contributed by atoms with Gasteiger partial charge in [-0.3, -0.25) is 4.79 Å². The second-order valence-corrected chi connectivity index (χ2v) is 20.8. The Morgan fingerprint density at radius 1 is 0.478 bits per heavy atom. The molecule has 9 heteroatoms. The summed E-state index contributed by atoms with van der Waals surface area (Å²) in [7, 11) is 0. The Kier molecular flexibility index (Phi) is 47.4. The number of nitrogens with one attached hydrogen (secondary N) is 1. The lowest BCUT2D eigenvalue weighted by Crippen LogP contribution is -2.60. The van der Waals surface area contributed by atoms with Crippen LogP contribution in [-0.4, -0.2) is 87.5 Å². The number of amides is 1. The molecule has 0 saturated carbocycles. The number of ether oxygens (including phenoxy) is 2. The van der Waals surface area contributed by atoms with Gasteiger partial charge < -0.3 is 40.3 Å². The number of hydrogen-bond acceptors (Lipinski definition) is 8. The summed E-state index contributed by atoms with van der Waals surface area (Å²) < 4.78 is 11.3. The van der Waals surface area contributed by atoms with Crippen molar-refractivity contribution in [1.82, 2.24) is 5.32 Å². The lowest BCUT2D eigenvalue weighted by atomic mass is 9.99. The van der Waals surface area contributed by atoms with Crippen molar-refractivity contribution >= 4 is 5.91 Å². The van der Waals surface area contributed by atoms with E-state index in [4.69, 9.17) is 9.47 Å². The number of aliphatic hydroxyl groups excluding tert-OH is 5. The van der Waals surface area contributed by atoms with Gasteiger partial charge >= 0.3 is 0 Å². The zero-order valence-electron chi connectivity index (χ0n) is 45.1. The molecule has 0 radical (unpaired) electrons. The molecule has 1 saturated heterocycles. The second kappa shape index (κ2) is 50.0. The molecule has 6 N–H and O–H groups in total. The minimum absolute atomic E-state index is 0.184. The smallest absolute Gasteiger partial charge is 0.220 e. The number of rotatable bonds is 51. The molecule has 1 heterocycles. The van der Waals surface area contributed by atoms with E-state index < -0.39 is 49.5 Å². The van der Waals surface area contributed by atoms with Gasteiger partial charge in [0.1, 0.15) is 24.4 Å². The van der Waals surface area contributed by atoms with Crippen LogP contribution in [0.4, 0.5) is 0 Å². The number of unbranched alkanes of at least 4 members (excludes halogenated alkanes) is 37. The SMILES string of the molecule is CCCCCCCCCCCCCC/C=C\CCCCCCCCCCCCCCC(=O)NC(COC1OC(CO)C(O)C(O)C1O)C(O)/C=C/CC/C=C/CCCCCCCCCCCCCC. The number of hydrogen-bond donors (Lipinski definition) is 6. The molecule has 0 spiro atoms. The highest BCUT2D eigenvalue weighted by molar-refractivity contribution is 5.76. The lowest BCUT2D eigenvalue weighted by Gasteiger charge is -2.40. The Hall–Kier alpha value is -1.59. The highest BCUT2D eigenvalue weighted by Gasteiger charge is 2.44. The molecule has 9 nitrogen and oxygen atoms in total. The molecular formula is C60H113NO8. The molecule has 0 aromatic rings. The minimum Gasteiger partial charge on any atom is -0.394 e. The first-order valence-electron chi connectivity index (χ1n) is 29.7. The van der Waals surface area contributed by atoms with Crippen molar-refractivity contribution in [2.75, 3.05) is 13.2 Å². The first kappa shape index (κ1) is 65.4. The third-order valence-electron chi connectivity index (χ3n) is 14.2.